The van der Waals surface area contributed by atoms with Crippen molar-refractivity contribution in [3.05, 3.63) is 59.4 Å². The van der Waals surface area contributed by atoms with E-state index in [1.165, 1.54) is 18.2 Å². The van der Waals surface area contributed by atoms with Gasteiger partial charge in [-0.25, -0.2) is 9.18 Å². The van der Waals surface area contributed by atoms with Gasteiger partial charge < -0.3 is 19.5 Å². The third-order valence-electron chi connectivity index (χ3n) is 3.52. The van der Waals surface area contributed by atoms with Crippen molar-refractivity contribution in [3.63, 3.8) is 0 Å². The van der Waals surface area contributed by atoms with E-state index < -0.39 is 18.5 Å². The third-order valence-corrected chi connectivity index (χ3v) is 3.52. The minimum Gasteiger partial charge on any atom is -0.490 e. The summed E-state index contributed by atoms with van der Waals surface area (Å²) >= 11 is 0. The Morgan fingerprint density at radius 3 is 2.30 bits per heavy atom. The number of carbonyl (C=O) groups excluding carboxylic acids is 2. The number of hydrogen-bond acceptors (Lipinski definition) is 5. The van der Waals surface area contributed by atoms with Gasteiger partial charge in [0, 0.05) is 6.54 Å². The van der Waals surface area contributed by atoms with E-state index in [2.05, 4.69) is 5.32 Å². The Morgan fingerprint density at radius 1 is 0.963 bits per heavy atom. The third kappa shape index (κ3) is 6.29. The van der Waals surface area contributed by atoms with Crippen molar-refractivity contribution in [2.45, 2.75) is 20.4 Å². The number of esters is 1. The van der Waals surface area contributed by atoms with Gasteiger partial charge in [0.1, 0.15) is 5.82 Å². The molecule has 7 heteroatoms. The monoisotopic (exact) mass is 375 g/mol. The molecule has 27 heavy (non-hydrogen) atoms. The van der Waals surface area contributed by atoms with E-state index in [1.54, 1.807) is 24.3 Å². The van der Waals surface area contributed by atoms with Crippen LogP contribution in [0.4, 0.5) is 4.39 Å². The van der Waals surface area contributed by atoms with Crippen molar-refractivity contribution in [2.24, 2.45) is 0 Å². The minimum atomic E-state index is -0.643. The molecule has 0 aromatic heterocycles. The molecule has 0 aliphatic heterocycles. The lowest BCUT2D eigenvalue weighted by Crippen LogP contribution is -2.28. The van der Waals surface area contributed by atoms with Gasteiger partial charge in [-0.15, -0.1) is 0 Å². The zero-order valence-electron chi connectivity index (χ0n) is 15.3. The van der Waals surface area contributed by atoms with Crippen LogP contribution in [0.5, 0.6) is 11.5 Å². The molecule has 0 atom stereocenters. The first-order valence-electron chi connectivity index (χ1n) is 8.61. The topological polar surface area (TPSA) is 73.9 Å². The van der Waals surface area contributed by atoms with Crippen LogP contribution < -0.4 is 14.8 Å². The second-order valence-corrected chi connectivity index (χ2v) is 5.51. The Labute approximate surface area is 157 Å². The van der Waals surface area contributed by atoms with Crippen LogP contribution in [0.2, 0.25) is 0 Å². The zero-order valence-corrected chi connectivity index (χ0v) is 15.3. The predicted octanol–water partition coefficient (Wildman–Crippen LogP) is 3.10. The molecule has 144 valence electrons. The quantitative estimate of drug-likeness (QED) is 0.682. The average molecular weight is 375 g/mol. The van der Waals surface area contributed by atoms with Gasteiger partial charge >= 0.3 is 5.97 Å². The van der Waals surface area contributed by atoms with Gasteiger partial charge in [0.2, 0.25) is 0 Å². The number of rotatable bonds is 9. The largest absolute Gasteiger partial charge is 0.490 e. The molecule has 0 unspecified atom stereocenters. The second-order valence-electron chi connectivity index (χ2n) is 5.51. The van der Waals surface area contributed by atoms with E-state index >= 15 is 0 Å². The molecule has 1 N–H and O–H groups in total. The van der Waals surface area contributed by atoms with Gasteiger partial charge in [-0.1, -0.05) is 12.1 Å². The smallest absolute Gasteiger partial charge is 0.338 e. The first kappa shape index (κ1) is 20.2. The highest BCUT2D eigenvalue weighted by Crippen LogP contribution is 2.28. The van der Waals surface area contributed by atoms with Crippen LogP contribution in [-0.4, -0.2) is 31.7 Å². The Bertz CT molecular complexity index is 776. The van der Waals surface area contributed by atoms with Gasteiger partial charge in [0.15, 0.2) is 18.1 Å². The van der Waals surface area contributed by atoms with Gasteiger partial charge in [-0.05, 0) is 49.7 Å². The second kappa shape index (κ2) is 10.2. The van der Waals surface area contributed by atoms with E-state index in [0.717, 1.165) is 5.56 Å². The summed E-state index contributed by atoms with van der Waals surface area (Å²) in [5.74, 6) is -0.470. The fraction of sp³-hybridized carbons (Fsp3) is 0.300. The first-order chi connectivity index (χ1) is 13.0. The van der Waals surface area contributed by atoms with Gasteiger partial charge in [-0.3, -0.25) is 4.79 Å². The molecule has 0 fully saturated rings. The zero-order chi connectivity index (χ0) is 19.6. The fourth-order valence-electron chi connectivity index (χ4n) is 2.25. The number of nitrogens with one attached hydrogen (secondary N) is 1. The van der Waals surface area contributed by atoms with Crippen LogP contribution >= 0.6 is 0 Å². The molecule has 0 bridgehead atoms. The average Bonchev–Trinajstić information content (AvgIpc) is 2.67. The van der Waals surface area contributed by atoms with Crippen LogP contribution in [0.25, 0.3) is 0 Å². The molecule has 0 heterocycles. The van der Waals surface area contributed by atoms with Crippen molar-refractivity contribution < 1.29 is 28.2 Å². The Morgan fingerprint density at radius 2 is 1.63 bits per heavy atom. The summed E-state index contributed by atoms with van der Waals surface area (Å²) in [5, 5.41) is 2.60. The van der Waals surface area contributed by atoms with E-state index in [4.69, 9.17) is 14.2 Å². The van der Waals surface area contributed by atoms with Crippen LogP contribution in [0.3, 0.4) is 0 Å². The number of halogens is 1. The van der Waals surface area contributed by atoms with Crippen LogP contribution in [0, 0.1) is 5.82 Å². The van der Waals surface area contributed by atoms with E-state index in [1.807, 2.05) is 13.8 Å². The summed E-state index contributed by atoms with van der Waals surface area (Å²) in [5.41, 5.74) is 0.997. The summed E-state index contributed by atoms with van der Waals surface area (Å²) in [6.07, 6.45) is 0. The molecule has 0 saturated carbocycles. The number of benzene rings is 2. The molecule has 2 aromatic carbocycles. The minimum absolute atomic E-state index is 0.216. The van der Waals surface area contributed by atoms with E-state index in [9.17, 15) is 14.0 Å². The Balaban J connectivity index is 1.87. The predicted molar refractivity (Wildman–Crippen MR) is 97.3 cm³/mol. The molecular weight excluding hydrogens is 353 g/mol. The van der Waals surface area contributed by atoms with E-state index in [0.29, 0.717) is 24.7 Å². The summed E-state index contributed by atoms with van der Waals surface area (Å²) in [4.78, 5) is 24.0. The molecule has 6 nitrogen and oxygen atoms in total. The number of amides is 1. The highest BCUT2D eigenvalue weighted by molar-refractivity contribution is 5.92. The molecule has 0 aliphatic rings. The Kier molecular flexibility index (Phi) is 7.61. The number of carbonyl (C=O) groups is 2. The van der Waals surface area contributed by atoms with Crippen molar-refractivity contribution in [3.8, 4) is 11.5 Å². The van der Waals surface area contributed by atoms with Crippen molar-refractivity contribution in [1.82, 2.24) is 5.32 Å². The standard InChI is InChI=1S/C20H22FNO5/c1-3-25-17-10-7-15(11-18(17)26-4-2)20(24)27-13-19(23)22-12-14-5-8-16(21)9-6-14/h5-11H,3-4,12-13H2,1-2H3,(H,22,23). The molecule has 0 aliphatic carbocycles. The van der Waals surface area contributed by atoms with Crippen LogP contribution in [-0.2, 0) is 16.1 Å². The molecule has 2 rings (SSSR count). The van der Waals surface area contributed by atoms with Gasteiger partial charge in [0.05, 0.1) is 18.8 Å². The molecule has 2 aromatic rings. The molecule has 0 radical (unpaired) electrons. The fourth-order valence-corrected chi connectivity index (χ4v) is 2.25. The van der Waals surface area contributed by atoms with Gasteiger partial charge in [0.25, 0.3) is 5.91 Å². The summed E-state index contributed by atoms with van der Waals surface area (Å²) in [6.45, 7) is 4.36. The lowest BCUT2D eigenvalue weighted by molar-refractivity contribution is -0.124. The van der Waals surface area contributed by atoms with Crippen LogP contribution in [0.1, 0.15) is 29.8 Å². The lowest BCUT2D eigenvalue weighted by atomic mass is 10.2. The number of hydrogen-bond donors (Lipinski definition) is 1. The summed E-state index contributed by atoms with van der Waals surface area (Å²) in [6, 6.07) is 10.4. The normalized spacial score (nSPS) is 10.2. The maximum Gasteiger partial charge on any atom is 0.338 e. The highest BCUT2D eigenvalue weighted by Gasteiger charge is 2.14. The SMILES string of the molecule is CCOc1ccc(C(=O)OCC(=O)NCc2ccc(F)cc2)cc1OCC. The maximum atomic E-state index is 12.8. The van der Waals surface area contributed by atoms with Gasteiger partial charge in [-0.2, -0.15) is 0 Å². The number of ether oxygens (including phenoxy) is 3. The molecule has 1 amide bonds. The molecule has 0 spiro atoms. The lowest BCUT2D eigenvalue weighted by Gasteiger charge is -2.12. The first-order valence-corrected chi connectivity index (χ1v) is 8.61. The summed E-state index contributed by atoms with van der Waals surface area (Å²) in [7, 11) is 0. The summed E-state index contributed by atoms with van der Waals surface area (Å²) < 4.78 is 28.8. The van der Waals surface area contributed by atoms with Crippen molar-refractivity contribution >= 4 is 11.9 Å². The van der Waals surface area contributed by atoms with Crippen molar-refractivity contribution in [1.29, 1.82) is 0 Å². The maximum absolute atomic E-state index is 12.8. The Hall–Kier alpha value is -3.09. The van der Waals surface area contributed by atoms with Crippen molar-refractivity contribution in [2.75, 3.05) is 19.8 Å². The van der Waals surface area contributed by atoms with Crippen LogP contribution in [0.15, 0.2) is 42.5 Å². The molecule has 0 saturated heterocycles. The highest BCUT2D eigenvalue weighted by atomic mass is 19.1. The molecular formula is C20H22FNO5. The van der Waals surface area contributed by atoms with E-state index in [-0.39, 0.29) is 17.9 Å².